The number of hydrogen-bond donors (Lipinski definition) is 0. The SMILES string of the molecule is CCn1nc(C)c(Cl)c1CC1Cc2ccccc2C1Cl. The van der Waals surface area contributed by atoms with Crippen LogP contribution in [-0.4, -0.2) is 9.78 Å². The molecule has 1 aliphatic rings. The minimum atomic E-state index is 0.0720. The smallest absolute Gasteiger partial charge is 0.0847 e. The first kappa shape index (κ1) is 14.0. The van der Waals surface area contributed by atoms with Crippen molar-refractivity contribution < 1.29 is 0 Å². The summed E-state index contributed by atoms with van der Waals surface area (Å²) in [6.07, 6.45) is 1.91. The maximum atomic E-state index is 6.64. The molecule has 3 rings (SSSR count). The van der Waals surface area contributed by atoms with E-state index in [-0.39, 0.29) is 5.38 Å². The number of rotatable bonds is 3. The monoisotopic (exact) mass is 308 g/mol. The average Bonchev–Trinajstić information content (AvgIpc) is 2.92. The van der Waals surface area contributed by atoms with E-state index in [0.717, 1.165) is 35.8 Å². The quantitative estimate of drug-likeness (QED) is 0.760. The van der Waals surface area contributed by atoms with Crippen LogP contribution in [0.3, 0.4) is 0 Å². The van der Waals surface area contributed by atoms with Crippen LogP contribution in [0, 0.1) is 12.8 Å². The highest BCUT2D eigenvalue weighted by Crippen LogP contribution is 2.43. The predicted molar refractivity (Wildman–Crippen MR) is 83.6 cm³/mol. The van der Waals surface area contributed by atoms with Gasteiger partial charge in [-0.3, -0.25) is 4.68 Å². The van der Waals surface area contributed by atoms with Gasteiger partial charge in [-0.25, -0.2) is 0 Å². The molecule has 1 heterocycles. The highest BCUT2D eigenvalue weighted by atomic mass is 35.5. The number of hydrogen-bond acceptors (Lipinski definition) is 1. The van der Waals surface area contributed by atoms with E-state index in [1.807, 2.05) is 11.6 Å². The summed E-state index contributed by atoms with van der Waals surface area (Å²) in [5, 5.41) is 5.36. The fourth-order valence-electron chi connectivity index (χ4n) is 3.12. The van der Waals surface area contributed by atoms with E-state index < -0.39 is 0 Å². The van der Waals surface area contributed by atoms with Crippen molar-refractivity contribution in [3.8, 4) is 0 Å². The van der Waals surface area contributed by atoms with Crippen molar-refractivity contribution in [2.24, 2.45) is 5.92 Å². The molecule has 2 unspecified atom stereocenters. The van der Waals surface area contributed by atoms with Gasteiger partial charge >= 0.3 is 0 Å². The summed E-state index contributed by atoms with van der Waals surface area (Å²) >= 11 is 13.0. The van der Waals surface area contributed by atoms with Gasteiger partial charge in [0.2, 0.25) is 0 Å². The van der Waals surface area contributed by atoms with Crippen LogP contribution in [-0.2, 0) is 19.4 Å². The lowest BCUT2D eigenvalue weighted by Gasteiger charge is -2.15. The third-order valence-corrected chi connectivity index (χ3v) is 5.24. The second-order valence-corrected chi connectivity index (χ2v) is 6.28. The molecule has 0 fully saturated rings. The average molecular weight is 309 g/mol. The van der Waals surface area contributed by atoms with Crippen LogP contribution in [0.15, 0.2) is 24.3 Å². The van der Waals surface area contributed by atoms with Crippen molar-refractivity contribution in [2.45, 2.75) is 38.6 Å². The molecule has 2 atom stereocenters. The standard InChI is InChI=1S/C16H18Cl2N2/c1-3-20-14(15(17)10(2)19-20)9-12-8-11-6-4-5-7-13(11)16(12)18/h4-7,12,16H,3,8-9H2,1-2H3. The number of halogens is 2. The summed E-state index contributed by atoms with van der Waals surface area (Å²) in [7, 11) is 0. The van der Waals surface area contributed by atoms with Gasteiger partial charge < -0.3 is 0 Å². The zero-order chi connectivity index (χ0) is 14.3. The van der Waals surface area contributed by atoms with Crippen molar-refractivity contribution in [3.63, 3.8) is 0 Å². The van der Waals surface area contributed by atoms with E-state index in [4.69, 9.17) is 23.2 Å². The maximum Gasteiger partial charge on any atom is 0.0847 e. The Morgan fingerprint density at radius 3 is 2.80 bits per heavy atom. The molecule has 0 N–H and O–H groups in total. The molecule has 0 bridgehead atoms. The van der Waals surface area contributed by atoms with Crippen LogP contribution in [0.25, 0.3) is 0 Å². The van der Waals surface area contributed by atoms with Gasteiger partial charge in [-0.15, -0.1) is 11.6 Å². The molecule has 0 amide bonds. The number of alkyl halides is 1. The fraction of sp³-hybridized carbons (Fsp3) is 0.438. The summed E-state index contributed by atoms with van der Waals surface area (Å²) in [4.78, 5) is 0. The summed E-state index contributed by atoms with van der Waals surface area (Å²) in [6.45, 7) is 4.89. The first-order chi connectivity index (χ1) is 9.61. The van der Waals surface area contributed by atoms with Crippen molar-refractivity contribution in [2.75, 3.05) is 0 Å². The largest absolute Gasteiger partial charge is 0.268 e. The van der Waals surface area contributed by atoms with E-state index in [1.165, 1.54) is 11.1 Å². The molecule has 0 saturated heterocycles. The summed E-state index contributed by atoms with van der Waals surface area (Å²) in [5.41, 5.74) is 4.67. The Morgan fingerprint density at radius 1 is 1.35 bits per heavy atom. The summed E-state index contributed by atoms with van der Waals surface area (Å²) < 4.78 is 2.00. The predicted octanol–water partition coefficient (Wildman–Crippen LogP) is 4.56. The molecule has 2 nitrogen and oxygen atoms in total. The van der Waals surface area contributed by atoms with Crippen LogP contribution in [0.5, 0.6) is 0 Å². The highest BCUT2D eigenvalue weighted by Gasteiger charge is 2.32. The third kappa shape index (κ3) is 2.25. The Balaban J connectivity index is 1.87. The van der Waals surface area contributed by atoms with Crippen molar-refractivity contribution in [1.29, 1.82) is 0 Å². The van der Waals surface area contributed by atoms with Gasteiger partial charge in [0.25, 0.3) is 0 Å². The van der Waals surface area contributed by atoms with Gasteiger partial charge in [-0.05, 0) is 43.7 Å². The molecule has 1 aromatic heterocycles. The lowest BCUT2D eigenvalue weighted by molar-refractivity contribution is 0.505. The van der Waals surface area contributed by atoms with Gasteiger partial charge in [-0.2, -0.15) is 5.10 Å². The van der Waals surface area contributed by atoms with Crippen LogP contribution in [0.1, 0.15) is 34.8 Å². The molecule has 1 aliphatic carbocycles. The Hall–Kier alpha value is -0.990. The minimum Gasteiger partial charge on any atom is -0.268 e. The van der Waals surface area contributed by atoms with Crippen molar-refractivity contribution in [1.82, 2.24) is 9.78 Å². The van der Waals surface area contributed by atoms with E-state index >= 15 is 0 Å². The normalized spacial score (nSPS) is 21.2. The number of fused-ring (bicyclic) bond motifs is 1. The van der Waals surface area contributed by atoms with Gasteiger partial charge in [0.05, 0.1) is 21.8 Å². The molecular formula is C16H18Cl2N2. The van der Waals surface area contributed by atoms with Crippen molar-refractivity contribution in [3.05, 3.63) is 51.8 Å². The number of aromatic nitrogens is 2. The molecular weight excluding hydrogens is 291 g/mol. The zero-order valence-electron chi connectivity index (χ0n) is 11.7. The number of nitrogens with zero attached hydrogens (tertiary/aromatic N) is 2. The molecule has 1 aromatic carbocycles. The second-order valence-electron chi connectivity index (χ2n) is 5.43. The van der Waals surface area contributed by atoms with Crippen LogP contribution in [0.4, 0.5) is 0 Å². The highest BCUT2D eigenvalue weighted by molar-refractivity contribution is 6.31. The topological polar surface area (TPSA) is 17.8 Å². The first-order valence-electron chi connectivity index (χ1n) is 7.05. The Labute approximate surface area is 129 Å². The van der Waals surface area contributed by atoms with E-state index in [1.54, 1.807) is 0 Å². The molecule has 0 saturated carbocycles. The Morgan fingerprint density at radius 2 is 2.10 bits per heavy atom. The molecule has 0 aliphatic heterocycles. The minimum absolute atomic E-state index is 0.0720. The number of aryl methyl sites for hydroxylation is 2. The first-order valence-corrected chi connectivity index (χ1v) is 7.87. The van der Waals surface area contributed by atoms with E-state index in [2.05, 4.69) is 36.3 Å². The van der Waals surface area contributed by atoms with Crippen molar-refractivity contribution >= 4 is 23.2 Å². The number of benzene rings is 1. The van der Waals surface area contributed by atoms with E-state index in [9.17, 15) is 0 Å². The molecule has 0 spiro atoms. The summed E-state index contributed by atoms with van der Waals surface area (Å²) in [6, 6.07) is 8.45. The molecule has 4 heteroatoms. The van der Waals surface area contributed by atoms with Gasteiger partial charge in [-0.1, -0.05) is 35.9 Å². The third-order valence-electron chi connectivity index (χ3n) is 4.16. The zero-order valence-corrected chi connectivity index (χ0v) is 13.2. The lowest BCUT2D eigenvalue weighted by Crippen LogP contribution is -2.12. The fourth-order valence-corrected chi connectivity index (χ4v) is 3.72. The summed E-state index contributed by atoms with van der Waals surface area (Å²) in [5.74, 6) is 0.396. The Bertz CT molecular complexity index is 633. The van der Waals surface area contributed by atoms with Crippen LogP contribution >= 0.6 is 23.2 Å². The van der Waals surface area contributed by atoms with Gasteiger partial charge in [0.1, 0.15) is 0 Å². The lowest BCUT2D eigenvalue weighted by atomic mass is 9.99. The van der Waals surface area contributed by atoms with Crippen LogP contribution in [0.2, 0.25) is 5.02 Å². The van der Waals surface area contributed by atoms with Gasteiger partial charge in [0.15, 0.2) is 0 Å². The van der Waals surface area contributed by atoms with Gasteiger partial charge in [0, 0.05) is 6.54 Å². The Kier molecular flexibility index (Phi) is 3.78. The van der Waals surface area contributed by atoms with E-state index in [0.29, 0.717) is 5.92 Å². The molecule has 106 valence electrons. The molecule has 2 aromatic rings. The molecule has 20 heavy (non-hydrogen) atoms. The second kappa shape index (κ2) is 5.42. The molecule has 0 radical (unpaired) electrons. The van der Waals surface area contributed by atoms with Crippen LogP contribution < -0.4 is 0 Å². The maximum absolute atomic E-state index is 6.64.